The number of carboxylic acids is 2. The summed E-state index contributed by atoms with van der Waals surface area (Å²) in [6, 6.07) is -1.88. The number of urea groups is 1. The van der Waals surface area contributed by atoms with Gasteiger partial charge in [0.2, 0.25) is 0 Å². The van der Waals surface area contributed by atoms with Crippen LogP contribution in [-0.4, -0.2) is 52.2 Å². The number of carbonyl (C=O) groups is 3. The Morgan fingerprint density at radius 1 is 1.37 bits per heavy atom. The summed E-state index contributed by atoms with van der Waals surface area (Å²) >= 11 is 0. The lowest BCUT2D eigenvalue weighted by atomic mass is 9.96. The first-order valence-electron chi connectivity index (χ1n) is 6.44. The van der Waals surface area contributed by atoms with Crippen LogP contribution in [0.1, 0.15) is 32.6 Å². The van der Waals surface area contributed by atoms with E-state index in [1.54, 1.807) is 4.90 Å². The van der Waals surface area contributed by atoms with Gasteiger partial charge < -0.3 is 20.4 Å². The molecule has 108 valence electrons. The summed E-state index contributed by atoms with van der Waals surface area (Å²) < 4.78 is 0. The molecule has 1 heterocycles. The molecule has 0 aliphatic carbocycles. The topological polar surface area (TPSA) is 107 Å². The van der Waals surface area contributed by atoms with Crippen LogP contribution in [0.2, 0.25) is 0 Å². The fourth-order valence-corrected chi connectivity index (χ4v) is 2.20. The lowest BCUT2D eigenvalue weighted by Crippen LogP contribution is -2.51. The molecule has 1 unspecified atom stereocenters. The number of aliphatic carboxylic acids is 2. The molecule has 3 N–H and O–H groups in total. The van der Waals surface area contributed by atoms with E-state index in [0.717, 1.165) is 19.3 Å². The van der Waals surface area contributed by atoms with Gasteiger partial charge in [0.25, 0.3) is 0 Å². The zero-order chi connectivity index (χ0) is 14.4. The van der Waals surface area contributed by atoms with E-state index in [9.17, 15) is 14.4 Å². The summed E-state index contributed by atoms with van der Waals surface area (Å²) in [5, 5.41) is 19.7. The highest BCUT2D eigenvalue weighted by atomic mass is 16.4. The predicted octanol–water partition coefficient (Wildman–Crippen LogP) is 0.746. The van der Waals surface area contributed by atoms with Crippen LogP contribution in [0.4, 0.5) is 4.79 Å². The largest absolute Gasteiger partial charge is 0.481 e. The third-order valence-electron chi connectivity index (χ3n) is 3.36. The van der Waals surface area contributed by atoms with E-state index in [-0.39, 0.29) is 0 Å². The van der Waals surface area contributed by atoms with Crippen LogP contribution in [0.15, 0.2) is 0 Å². The van der Waals surface area contributed by atoms with E-state index >= 15 is 0 Å². The van der Waals surface area contributed by atoms with Crippen LogP contribution in [0, 0.1) is 5.92 Å². The Balaban J connectivity index is 2.56. The molecule has 1 aliphatic rings. The van der Waals surface area contributed by atoms with Gasteiger partial charge in [-0.1, -0.05) is 13.3 Å². The highest BCUT2D eigenvalue weighted by Crippen LogP contribution is 2.19. The molecule has 0 aromatic heterocycles. The molecule has 1 saturated heterocycles. The van der Waals surface area contributed by atoms with Crippen molar-refractivity contribution in [3.63, 3.8) is 0 Å². The maximum absolute atomic E-state index is 11.9. The Hall–Kier alpha value is -1.79. The number of piperidine rings is 1. The smallest absolute Gasteiger partial charge is 0.326 e. The van der Waals surface area contributed by atoms with Gasteiger partial charge in [-0.3, -0.25) is 4.79 Å². The number of hydrogen-bond donors (Lipinski definition) is 3. The fourth-order valence-electron chi connectivity index (χ4n) is 2.20. The average Bonchev–Trinajstić information content (AvgIpc) is 2.37. The number of carboxylic acid groups (broad SMARTS) is 2. The van der Waals surface area contributed by atoms with E-state index in [2.05, 4.69) is 12.2 Å². The van der Waals surface area contributed by atoms with Crippen LogP contribution in [0.5, 0.6) is 0 Å². The van der Waals surface area contributed by atoms with Gasteiger partial charge in [-0.2, -0.15) is 0 Å². The first-order chi connectivity index (χ1) is 8.93. The number of likely N-dealkylation sites (tertiary alicyclic amines) is 1. The predicted molar refractivity (Wildman–Crippen MR) is 66.8 cm³/mol. The highest BCUT2D eigenvalue weighted by molar-refractivity contribution is 5.86. The number of hydrogen-bond acceptors (Lipinski definition) is 3. The van der Waals surface area contributed by atoms with Gasteiger partial charge in [-0.25, -0.2) is 9.59 Å². The summed E-state index contributed by atoms with van der Waals surface area (Å²) in [6.45, 7) is 3.24. The molecule has 7 nitrogen and oxygen atoms in total. The van der Waals surface area contributed by atoms with Crippen molar-refractivity contribution in [1.29, 1.82) is 0 Å². The van der Waals surface area contributed by atoms with Crippen molar-refractivity contribution < 1.29 is 24.6 Å². The van der Waals surface area contributed by atoms with Gasteiger partial charge in [-0.15, -0.1) is 0 Å². The van der Waals surface area contributed by atoms with Gasteiger partial charge in [0, 0.05) is 13.1 Å². The molecule has 0 spiro atoms. The van der Waals surface area contributed by atoms with Gasteiger partial charge in [0.1, 0.15) is 6.04 Å². The van der Waals surface area contributed by atoms with E-state index in [4.69, 9.17) is 10.2 Å². The van der Waals surface area contributed by atoms with Crippen LogP contribution in [0.3, 0.4) is 0 Å². The van der Waals surface area contributed by atoms with E-state index in [1.165, 1.54) is 0 Å². The fraction of sp³-hybridized carbons (Fsp3) is 0.750. The Morgan fingerprint density at radius 2 is 2.05 bits per heavy atom. The van der Waals surface area contributed by atoms with Crippen molar-refractivity contribution in [1.82, 2.24) is 10.2 Å². The SMILES string of the molecule is CCC1CCCN(C(=O)N[C@@H](CC(=O)O)C(=O)O)C1. The first kappa shape index (κ1) is 15.3. The highest BCUT2D eigenvalue weighted by Gasteiger charge is 2.28. The third kappa shape index (κ3) is 4.76. The average molecular weight is 272 g/mol. The van der Waals surface area contributed by atoms with Crippen molar-refractivity contribution in [3.05, 3.63) is 0 Å². The normalized spacial score (nSPS) is 20.7. The van der Waals surface area contributed by atoms with E-state index in [1.807, 2.05) is 0 Å². The second-order valence-electron chi connectivity index (χ2n) is 4.80. The van der Waals surface area contributed by atoms with Crippen LogP contribution < -0.4 is 5.32 Å². The van der Waals surface area contributed by atoms with Crippen LogP contribution >= 0.6 is 0 Å². The molecule has 0 aromatic carbocycles. The number of nitrogens with one attached hydrogen (secondary N) is 1. The molecule has 0 aromatic rings. The summed E-state index contributed by atoms with van der Waals surface area (Å²) in [7, 11) is 0. The lowest BCUT2D eigenvalue weighted by Gasteiger charge is -2.33. The molecular weight excluding hydrogens is 252 g/mol. The third-order valence-corrected chi connectivity index (χ3v) is 3.36. The van der Waals surface area contributed by atoms with Gasteiger partial charge in [-0.05, 0) is 18.8 Å². The monoisotopic (exact) mass is 272 g/mol. The summed E-state index contributed by atoms with van der Waals surface area (Å²) in [6.07, 6.45) is 2.31. The van der Waals surface area contributed by atoms with Crippen molar-refractivity contribution in [2.45, 2.75) is 38.6 Å². The van der Waals surface area contributed by atoms with Gasteiger partial charge in [0.15, 0.2) is 0 Å². The maximum Gasteiger partial charge on any atom is 0.326 e. The Morgan fingerprint density at radius 3 is 2.58 bits per heavy atom. The van der Waals surface area contributed by atoms with Crippen molar-refractivity contribution in [3.8, 4) is 0 Å². The van der Waals surface area contributed by atoms with E-state index < -0.39 is 30.4 Å². The molecule has 0 bridgehead atoms. The minimum Gasteiger partial charge on any atom is -0.481 e. The van der Waals surface area contributed by atoms with Crippen molar-refractivity contribution in [2.24, 2.45) is 5.92 Å². The molecule has 2 amide bonds. The van der Waals surface area contributed by atoms with Gasteiger partial charge in [0.05, 0.1) is 6.42 Å². The molecule has 7 heteroatoms. The standard InChI is InChI=1S/C12H20N2O5/c1-2-8-4-3-5-14(7-8)12(19)13-9(11(17)18)6-10(15)16/h8-9H,2-7H2,1H3,(H,13,19)(H,15,16)(H,17,18)/t8?,9-/m0/s1. The first-order valence-corrected chi connectivity index (χ1v) is 6.44. The maximum atomic E-state index is 11.9. The second kappa shape index (κ2) is 6.96. The number of nitrogens with zero attached hydrogens (tertiary/aromatic N) is 1. The number of rotatable bonds is 5. The minimum atomic E-state index is -1.38. The van der Waals surface area contributed by atoms with Gasteiger partial charge >= 0.3 is 18.0 Å². The Bertz CT molecular complexity index is 358. The summed E-state index contributed by atoms with van der Waals surface area (Å²) in [4.78, 5) is 34.9. The molecule has 1 fully saturated rings. The van der Waals surface area contributed by atoms with Crippen LogP contribution in [-0.2, 0) is 9.59 Å². The van der Waals surface area contributed by atoms with Crippen LogP contribution in [0.25, 0.3) is 0 Å². The molecule has 1 rings (SSSR count). The molecular formula is C12H20N2O5. The van der Waals surface area contributed by atoms with E-state index in [0.29, 0.717) is 19.0 Å². The summed E-state index contributed by atoms with van der Waals surface area (Å²) in [5.74, 6) is -2.15. The summed E-state index contributed by atoms with van der Waals surface area (Å²) in [5.41, 5.74) is 0. The number of amides is 2. The van der Waals surface area contributed by atoms with Crippen molar-refractivity contribution >= 4 is 18.0 Å². The lowest BCUT2D eigenvalue weighted by molar-refractivity contribution is -0.145. The minimum absolute atomic E-state index is 0.433. The zero-order valence-corrected chi connectivity index (χ0v) is 11.0. The quantitative estimate of drug-likeness (QED) is 0.684. The molecule has 2 atom stereocenters. The van der Waals surface area contributed by atoms with Crippen molar-refractivity contribution in [2.75, 3.05) is 13.1 Å². The zero-order valence-electron chi connectivity index (χ0n) is 11.0. The molecule has 19 heavy (non-hydrogen) atoms. The molecule has 1 aliphatic heterocycles. The second-order valence-corrected chi connectivity index (χ2v) is 4.80. The Labute approximate surface area is 111 Å². The Kier molecular flexibility index (Phi) is 5.59. The molecule has 0 radical (unpaired) electrons. The number of carbonyl (C=O) groups excluding carboxylic acids is 1. The molecule has 0 saturated carbocycles.